The summed E-state index contributed by atoms with van der Waals surface area (Å²) in [6.45, 7) is 1.23. The molecule has 0 bridgehead atoms. The van der Waals surface area contributed by atoms with Crippen molar-refractivity contribution in [3.05, 3.63) is 34.4 Å². The molecule has 0 aliphatic carbocycles. The molecule has 0 saturated heterocycles. The van der Waals surface area contributed by atoms with Gasteiger partial charge in [0.25, 0.3) is 0 Å². The van der Waals surface area contributed by atoms with E-state index < -0.39 is 23.4 Å². The van der Waals surface area contributed by atoms with Crippen molar-refractivity contribution in [3.8, 4) is 0 Å². The topological polar surface area (TPSA) is 34.1 Å². The molecule has 0 aliphatic heterocycles. The zero-order valence-corrected chi connectivity index (χ0v) is 9.52. The minimum atomic E-state index is -4.56. The van der Waals surface area contributed by atoms with Gasteiger partial charge in [0.2, 0.25) is 0 Å². The SMILES string of the molecule is Cc1cc(C=O)c(C(=O)CCl)cc1C(F)(F)F. The zero-order chi connectivity index (χ0) is 13.2. The van der Waals surface area contributed by atoms with E-state index in [4.69, 9.17) is 11.6 Å². The molecule has 1 rings (SSSR count). The third-order valence-corrected chi connectivity index (χ3v) is 2.49. The third kappa shape index (κ3) is 2.85. The Morgan fingerprint density at radius 3 is 2.41 bits per heavy atom. The highest BCUT2D eigenvalue weighted by Gasteiger charge is 2.33. The van der Waals surface area contributed by atoms with Gasteiger partial charge in [-0.3, -0.25) is 9.59 Å². The highest BCUT2D eigenvalue weighted by atomic mass is 35.5. The van der Waals surface area contributed by atoms with Crippen LogP contribution in [0.15, 0.2) is 12.1 Å². The average molecular weight is 265 g/mol. The second kappa shape index (κ2) is 4.87. The Balaban J connectivity index is 3.48. The number of hydrogen-bond donors (Lipinski definition) is 0. The molecule has 1 aromatic carbocycles. The number of alkyl halides is 4. The van der Waals surface area contributed by atoms with Gasteiger partial charge in [-0.1, -0.05) is 0 Å². The van der Waals surface area contributed by atoms with Gasteiger partial charge in [0.05, 0.1) is 11.4 Å². The molecule has 0 atom stereocenters. The number of Topliss-reactive ketones (excluding diaryl/α,β-unsaturated/α-hetero) is 1. The predicted molar refractivity (Wildman–Crippen MR) is 56.6 cm³/mol. The monoisotopic (exact) mass is 264 g/mol. The maximum atomic E-state index is 12.6. The molecule has 0 aromatic heterocycles. The summed E-state index contributed by atoms with van der Waals surface area (Å²) in [5.41, 5.74) is -1.42. The van der Waals surface area contributed by atoms with Gasteiger partial charge in [-0.25, -0.2) is 0 Å². The Kier molecular flexibility index (Phi) is 3.93. The first-order valence-corrected chi connectivity index (χ1v) is 5.11. The van der Waals surface area contributed by atoms with Crippen molar-refractivity contribution in [1.82, 2.24) is 0 Å². The standard InChI is InChI=1S/C11H8ClF3O2/c1-6-2-7(5-16)8(10(17)4-12)3-9(6)11(13,14)15/h2-3,5H,4H2,1H3. The molecular formula is C11H8ClF3O2. The van der Waals surface area contributed by atoms with Crippen LogP contribution >= 0.6 is 11.6 Å². The van der Waals surface area contributed by atoms with Crippen LogP contribution in [-0.2, 0) is 6.18 Å². The Labute approximate surface area is 100 Å². The van der Waals surface area contributed by atoms with Gasteiger partial charge in [-0.15, -0.1) is 11.6 Å². The Bertz CT molecular complexity index is 467. The second-order valence-corrected chi connectivity index (χ2v) is 3.69. The number of rotatable bonds is 3. The van der Waals surface area contributed by atoms with Crippen molar-refractivity contribution < 1.29 is 22.8 Å². The molecule has 0 heterocycles. The van der Waals surface area contributed by atoms with Gasteiger partial charge in [0.1, 0.15) is 0 Å². The number of ketones is 1. The van der Waals surface area contributed by atoms with Gasteiger partial charge in [-0.2, -0.15) is 13.2 Å². The second-order valence-electron chi connectivity index (χ2n) is 3.43. The van der Waals surface area contributed by atoms with E-state index in [1.807, 2.05) is 0 Å². The quantitative estimate of drug-likeness (QED) is 0.477. The molecule has 0 fully saturated rings. The van der Waals surface area contributed by atoms with E-state index in [1.54, 1.807) is 0 Å². The Morgan fingerprint density at radius 2 is 2.00 bits per heavy atom. The maximum absolute atomic E-state index is 12.6. The lowest BCUT2D eigenvalue weighted by molar-refractivity contribution is -0.138. The molecule has 1 aromatic rings. The van der Waals surface area contributed by atoms with Gasteiger partial charge >= 0.3 is 6.18 Å². The predicted octanol–water partition coefficient (Wildman–Crippen LogP) is 3.25. The van der Waals surface area contributed by atoms with E-state index in [-0.39, 0.29) is 16.7 Å². The smallest absolute Gasteiger partial charge is 0.298 e. The van der Waals surface area contributed by atoms with Gasteiger partial charge in [0, 0.05) is 11.1 Å². The van der Waals surface area contributed by atoms with Crippen LogP contribution in [0, 0.1) is 6.92 Å². The largest absolute Gasteiger partial charge is 0.416 e. The van der Waals surface area contributed by atoms with Crippen LogP contribution < -0.4 is 0 Å². The van der Waals surface area contributed by atoms with Crippen LogP contribution in [0.5, 0.6) is 0 Å². The van der Waals surface area contributed by atoms with Crippen LogP contribution in [0.25, 0.3) is 0 Å². The molecule has 0 aliphatic rings. The molecule has 17 heavy (non-hydrogen) atoms. The van der Waals surface area contributed by atoms with E-state index in [1.165, 1.54) is 6.92 Å². The van der Waals surface area contributed by atoms with Crippen molar-refractivity contribution in [2.24, 2.45) is 0 Å². The lowest BCUT2D eigenvalue weighted by atomic mass is 9.97. The minimum absolute atomic E-state index is 0.0823. The van der Waals surface area contributed by atoms with Crippen LogP contribution in [-0.4, -0.2) is 17.9 Å². The number of halogens is 4. The number of carbonyl (C=O) groups is 2. The van der Waals surface area contributed by atoms with Crippen molar-refractivity contribution in [2.75, 3.05) is 5.88 Å². The summed E-state index contributed by atoms with van der Waals surface area (Å²) in [7, 11) is 0. The molecule has 0 spiro atoms. The van der Waals surface area contributed by atoms with E-state index in [9.17, 15) is 22.8 Å². The molecule has 0 amide bonds. The fourth-order valence-electron chi connectivity index (χ4n) is 1.45. The first-order valence-electron chi connectivity index (χ1n) is 4.57. The number of aldehydes is 1. The van der Waals surface area contributed by atoms with Gasteiger partial charge in [0.15, 0.2) is 12.1 Å². The highest BCUT2D eigenvalue weighted by Crippen LogP contribution is 2.33. The summed E-state index contributed by atoms with van der Waals surface area (Å²) in [6, 6.07) is 1.71. The summed E-state index contributed by atoms with van der Waals surface area (Å²) < 4.78 is 37.8. The van der Waals surface area contributed by atoms with E-state index in [2.05, 4.69) is 0 Å². The number of benzene rings is 1. The molecule has 6 heteroatoms. The molecule has 92 valence electrons. The first kappa shape index (κ1) is 13.7. The number of carbonyl (C=O) groups excluding carboxylic acids is 2. The van der Waals surface area contributed by atoms with E-state index in [0.29, 0.717) is 12.4 Å². The van der Waals surface area contributed by atoms with Crippen LogP contribution in [0.2, 0.25) is 0 Å². The molecule has 0 radical (unpaired) electrons. The van der Waals surface area contributed by atoms with E-state index >= 15 is 0 Å². The molecule has 0 N–H and O–H groups in total. The molecular weight excluding hydrogens is 257 g/mol. The first-order chi connectivity index (χ1) is 7.81. The van der Waals surface area contributed by atoms with E-state index in [0.717, 1.165) is 6.07 Å². The third-order valence-electron chi connectivity index (χ3n) is 2.25. The van der Waals surface area contributed by atoms with Crippen LogP contribution in [0.3, 0.4) is 0 Å². The summed E-state index contributed by atoms with van der Waals surface area (Å²) in [5.74, 6) is -1.18. The number of hydrogen-bond acceptors (Lipinski definition) is 2. The van der Waals surface area contributed by atoms with Crippen molar-refractivity contribution in [3.63, 3.8) is 0 Å². The summed E-state index contributed by atoms with van der Waals surface area (Å²) in [5, 5.41) is 0. The molecule has 0 saturated carbocycles. The minimum Gasteiger partial charge on any atom is -0.298 e. The average Bonchev–Trinajstić information content (AvgIpc) is 2.25. The number of aryl methyl sites for hydroxylation is 1. The lowest BCUT2D eigenvalue weighted by Crippen LogP contribution is -2.13. The summed E-state index contributed by atoms with van der Waals surface area (Å²) in [6.07, 6.45) is -4.22. The maximum Gasteiger partial charge on any atom is 0.416 e. The lowest BCUT2D eigenvalue weighted by Gasteiger charge is -2.13. The molecule has 0 unspecified atom stereocenters. The van der Waals surface area contributed by atoms with Crippen molar-refractivity contribution in [1.29, 1.82) is 0 Å². The summed E-state index contributed by atoms with van der Waals surface area (Å²) in [4.78, 5) is 22.0. The van der Waals surface area contributed by atoms with Crippen LogP contribution in [0.4, 0.5) is 13.2 Å². The summed E-state index contributed by atoms with van der Waals surface area (Å²) >= 11 is 5.28. The Hall–Kier alpha value is -1.36. The zero-order valence-electron chi connectivity index (χ0n) is 8.77. The molecule has 2 nitrogen and oxygen atoms in total. The van der Waals surface area contributed by atoms with Crippen molar-refractivity contribution in [2.45, 2.75) is 13.1 Å². The fourth-order valence-corrected chi connectivity index (χ4v) is 1.59. The highest BCUT2D eigenvalue weighted by molar-refractivity contribution is 6.31. The fraction of sp³-hybridized carbons (Fsp3) is 0.273. The Morgan fingerprint density at radius 1 is 1.41 bits per heavy atom. The van der Waals surface area contributed by atoms with Crippen molar-refractivity contribution >= 4 is 23.7 Å². The normalized spacial score (nSPS) is 11.4. The van der Waals surface area contributed by atoms with Crippen LogP contribution in [0.1, 0.15) is 31.8 Å². The van der Waals surface area contributed by atoms with Gasteiger partial charge < -0.3 is 0 Å². The van der Waals surface area contributed by atoms with Gasteiger partial charge in [-0.05, 0) is 24.6 Å².